The number of β-amino-alcohol motifs (C(OH)–C–C–N with tert-alkyl or cyclic N) is 1. The van der Waals surface area contributed by atoms with Gasteiger partial charge in [-0.25, -0.2) is 8.42 Å². The van der Waals surface area contributed by atoms with E-state index in [4.69, 9.17) is 16.9 Å². The molecule has 0 radical (unpaired) electrons. The SMILES string of the molecule is CC1(O)CN(S(=O)(=O)c2cc(Cl)ccc2C#N)C1. The smallest absolute Gasteiger partial charge is 0.244 e. The minimum Gasteiger partial charge on any atom is -0.387 e. The molecule has 5 nitrogen and oxygen atoms in total. The van der Waals surface area contributed by atoms with Gasteiger partial charge in [0.2, 0.25) is 10.0 Å². The Labute approximate surface area is 110 Å². The van der Waals surface area contributed by atoms with Gasteiger partial charge in [-0.15, -0.1) is 0 Å². The van der Waals surface area contributed by atoms with Gasteiger partial charge in [0.1, 0.15) is 11.0 Å². The molecule has 96 valence electrons. The molecule has 7 heteroatoms. The number of rotatable bonds is 2. The Hall–Kier alpha value is -1.13. The molecule has 1 aliphatic heterocycles. The van der Waals surface area contributed by atoms with E-state index in [0.29, 0.717) is 0 Å². The lowest BCUT2D eigenvalue weighted by atomic mass is 10.0. The molecule has 0 bridgehead atoms. The van der Waals surface area contributed by atoms with Crippen molar-refractivity contribution in [1.29, 1.82) is 5.26 Å². The standard InChI is InChI=1S/C11H11ClN2O3S/c1-11(15)6-14(7-11)18(16,17)10-4-9(12)3-2-8(10)5-13/h2-4,15H,6-7H2,1H3. The van der Waals surface area contributed by atoms with Crippen molar-refractivity contribution in [2.45, 2.75) is 17.4 Å². The van der Waals surface area contributed by atoms with Crippen LogP contribution in [0, 0.1) is 11.3 Å². The summed E-state index contributed by atoms with van der Waals surface area (Å²) in [6.45, 7) is 1.60. The van der Waals surface area contributed by atoms with Crippen molar-refractivity contribution in [2.75, 3.05) is 13.1 Å². The first-order chi connectivity index (χ1) is 8.26. The molecule has 0 aliphatic carbocycles. The van der Waals surface area contributed by atoms with Gasteiger partial charge in [0.25, 0.3) is 0 Å². The van der Waals surface area contributed by atoms with E-state index >= 15 is 0 Å². The predicted octanol–water partition coefficient (Wildman–Crippen LogP) is 0.967. The highest BCUT2D eigenvalue weighted by Crippen LogP contribution is 2.30. The molecular weight excluding hydrogens is 276 g/mol. The highest BCUT2D eigenvalue weighted by Gasteiger charge is 2.44. The molecule has 2 rings (SSSR count). The maximum absolute atomic E-state index is 12.2. The van der Waals surface area contributed by atoms with Crippen molar-refractivity contribution >= 4 is 21.6 Å². The highest BCUT2D eigenvalue weighted by atomic mass is 35.5. The topological polar surface area (TPSA) is 81.4 Å². The number of hydrogen-bond donors (Lipinski definition) is 1. The minimum atomic E-state index is -3.77. The first-order valence-electron chi connectivity index (χ1n) is 5.18. The molecule has 1 fully saturated rings. The van der Waals surface area contributed by atoms with Crippen molar-refractivity contribution in [3.63, 3.8) is 0 Å². The summed E-state index contributed by atoms with van der Waals surface area (Å²) in [5.74, 6) is 0. The zero-order chi connectivity index (χ0) is 13.6. The van der Waals surface area contributed by atoms with Gasteiger partial charge in [-0.1, -0.05) is 11.6 Å². The van der Waals surface area contributed by atoms with Crippen molar-refractivity contribution in [2.24, 2.45) is 0 Å². The van der Waals surface area contributed by atoms with Gasteiger partial charge < -0.3 is 5.11 Å². The zero-order valence-electron chi connectivity index (χ0n) is 9.59. The lowest BCUT2D eigenvalue weighted by molar-refractivity contribution is -0.0426. The number of nitrogens with zero attached hydrogens (tertiary/aromatic N) is 2. The molecule has 0 saturated carbocycles. The Morgan fingerprint density at radius 3 is 2.61 bits per heavy atom. The lowest BCUT2D eigenvalue weighted by Crippen LogP contribution is -2.61. The van der Waals surface area contributed by atoms with Crippen LogP contribution < -0.4 is 0 Å². The van der Waals surface area contributed by atoms with Crippen LogP contribution >= 0.6 is 11.6 Å². The molecule has 0 amide bonds. The summed E-state index contributed by atoms with van der Waals surface area (Å²) in [6, 6.07) is 5.91. The second-order valence-corrected chi connectivity index (χ2v) is 6.87. The van der Waals surface area contributed by atoms with Gasteiger partial charge in [-0.2, -0.15) is 9.57 Å². The van der Waals surface area contributed by atoms with Crippen molar-refractivity contribution in [3.8, 4) is 6.07 Å². The van der Waals surface area contributed by atoms with Crippen LogP contribution in [0.3, 0.4) is 0 Å². The van der Waals surface area contributed by atoms with E-state index in [1.165, 1.54) is 18.2 Å². The van der Waals surface area contributed by atoms with Crippen LogP contribution in [0.15, 0.2) is 23.1 Å². The first kappa shape index (κ1) is 13.3. The molecule has 1 N–H and O–H groups in total. The van der Waals surface area contributed by atoms with Gasteiger partial charge in [-0.3, -0.25) is 0 Å². The summed E-state index contributed by atoms with van der Waals surface area (Å²) in [6.07, 6.45) is 0. The van der Waals surface area contributed by atoms with E-state index in [9.17, 15) is 13.5 Å². The molecule has 1 saturated heterocycles. The van der Waals surface area contributed by atoms with E-state index in [-0.39, 0.29) is 28.6 Å². The van der Waals surface area contributed by atoms with E-state index in [1.54, 1.807) is 6.92 Å². The molecule has 1 aromatic rings. The fourth-order valence-corrected chi connectivity index (χ4v) is 3.90. The normalized spacial score (nSPS) is 19.0. The number of nitriles is 1. The van der Waals surface area contributed by atoms with Gasteiger partial charge in [0.15, 0.2) is 0 Å². The van der Waals surface area contributed by atoms with Crippen LogP contribution in [0.1, 0.15) is 12.5 Å². The maximum atomic E-state index is 12.2. The van der Waals surface area contributed by atoms with Gasteiger partial charge >= 0.3 is 0 Å². The van der Waals surface area contributed by atoms with Crippen LogP contribution in [0.2, 0.25) is 5.02 Å². The Balaban J connectivity index is 2.43. The van der Waals surface area contributed by atoms with Crippen LogP contribution in [-0.4, -0.2) is 36.5 Å². The summed E-state index contributed by atoms with van der Waals surface area (Å²) in [5.41, 5.74) is -0.954. The van der Waals surface area contributed by atoms with Crippen molar-refractivity contribution < 1.29 is 13.5 Å². The molecule has 1 aromatic carbocycles. The fourth-order valence-electron chi connectivity index (χ4n) is 1.82. The second-order valence-electron chi connectivity index (χ2n) is 4.52. The number of sulfonamides is 1. The fraction of sp³-hybridized carbons (Fsp3) is 0.364. The molecule has 0 aromatic heterocycles. The molecule has 1 aliphatic rings. The van der Waals surface area contributed by atoms with Crippen LogP contribution in [0.25, 0.3) is 0 Å². The van der Waals surface area contributed by atoms with E-state index in [0.717, 1.165) is 4.31 Å². The summed E-state index contributed by atoms with van der Waals surface area (Å²) < 4.78 is 25.6. The predicted molar refractivity (Wildman–Crippen MR) is 65.5 cm³/mol. The molecule has 18 heavy (non-hydrogen) atoms. The number of aliphatic hydroxyl groups is 1. The molecular formula is C11H11ClN2O3S. The van der Waals surface area contributed by atoms with Crippen LogP contribution in [0.5, 0.6) is 0 Å². The van der Waals surface area contributed by atoms with Crippen molar-refractivity contribution in [3.05, 3.63) is 28.8 Å². The third-order valence-corrected chi connectivity index (χ3v) is 4.78. The summed E-state index contributed by atoms with van der Waals surface area (Å²) in [7, 11) is -3.77. The van der Waals surface area contributed by atoms with E-state index < -0.39 is 15.6 Å². The Kier molecular flexibility index (Phi) is 3.11. The zero-order valence-corrected chi connectivity index (χ0v) is 11.2. The third-order valence-electron chi connectivity index (χ3n) is 2.72. The number of benzene rings is 1. The average molecular weight is 287 g/mol. The van der Waals surface area contributed by atoms with Crippen LogP contribution in [0.4, 0.5) is 0 Å². The quantitative estimate of drug-likeness (QED) is 0.878. The lowest BCUT2D eigenvalue weighted by Gasteiger charge is -2.42. The molecule has 0 atom stereocenters. The monoisotopic (exact) mass is 286 g/mol. The molecule has 0 unspecified atom stereocenters. The maximum Gasteiger partial charge on any atom is 0.244 e. The van der Waals surface area contributed by atoms with Crippen molar-refractivity contribution in [1.82, 2.24) is 4.31 Å². The average Bonchev–Trinajstić information content (AvgIpc) is 2.25. The van der Waals surface area contributed by atoms with E-state index in [2.05, 4.69) is 0 Å². The van der Waals surface area contributed by atoms with Gasteiger partial charge in [-0.05, 0) is 25.1 Å². The number of hydrogen-bond acceptors (Lipinski definition) is 4. The Bertz CT molecular complexity index is 626. The minimum absolute atomic E-state index is 0.0206. The highest BCUT2D eigenvalue weighted by molar-refractivity contribution is 7.89. The van der Waals surface area contributed by atoms with Crippen LogP contribution in [-0.2, 0) is 10.0 Å². The van der Waals surface area contributed by atoms with E-state index in [1.807, 2.05) is 6.07 Å². The molecule has 1 heterocycles. The Morgan fingerprint density at radius 2 is 2.11 bits per heavy atom. The molecule has 0 spiro atoms. The largest absolute Gasteiger partial charge is 0.387 e. The second kappa shape index (κ2) is 4.21. The number of halogens is 1. The summed E-state index contributed by atoms with van der Waals surface area (Å²) >= 11 is 5.76. The summed E-state index contributed by atoms with van der Waals surface area (Å²) in [5, 5.41) is 18.8. The first-order valence-corrected chi connectivity index (χ1v) is 7.00. The van der Waals surface area contributed by atoms with Gasteiger partial charge in [0.05, 0.1) is 11.2 Å². The summed E-state index contributed by atoms with van der Waals surface area (Å²) in [4.78, 5) is -0.118. The van der Waals surface area contributed by atoms with Gasteiger partial charge in [0, 0.05) is 18.1 Å². The Morgan fingerprint density at radius 1 is 1.50 bits per heavy atom. The third kappa shape index (κ3) is 2.22.